The van der Waals surface area contributed by atoms with E-state index in [2.05, 4.69) is 31.0 Å². The van der Waals surface area contributed by atoms with E-state index >= 15 is 0 Å². The molecule has 4 rings (SSSR count). The molecule has 0 spiro atoms. The number of anilines is 1. The van der Waals surface area contributed by atoms with Gasteiger partial charge in [0, 0.05) is 24.8 Å². The molecular weight excluding hydrogens is 584 g/mol. The summed E-state index contributed by atoms with van der Waals surface area (Å²) in [5, 5.41) is 28.8. The van der Waals surface area contributed by atoms with E-state index < -0.39 is 45.6 Å². The van der Waals surface area contributed by atoms with Crippen LogP contribution in [0.15, 0.2) is 16.7 Å². The molecule has 0 radical (unpaired) electrons. The molecule has 8 N–H and O–H groups in total. The molecular formula is C21H30N10O8S2. The number of nitrogens with one attached hydrogen (secondary N) is 2. The first-order chi connectivity index (χ1) is 19.4. The van der Waals surface area contributed by atoms with Gasteiger partial charge in [-0.25, -0.2) is 14.1 Å². The molecule has 0 aromatic carbocycles. The number of nitrogen functional groups attached to an aromatic ring is 1. The highest BCUT2D eigenvalue weighted by Crippen LogP contribution is 2.40. The Morgan fingerprint density at radius 2 is 2.12 bits per heavy atom. The molecule has 2 amide bonds. The predicted molar refractivity (Wildman–Crippen MR) is 143 cm³/mol. The molecule has 41 heavy (non-hydrogen) atoms. The summed E-state index contributed by atoms with van der Waals surface area (Å²) in [4.78, 5) is 47.5. The van der Waals surface area contributed by atoms with Crippen molar-refractivity contribution in [3.05, 3.63) is 23.0 Å². The highest BCUT2D eigenvalue weighted by Gasteiger charge is 2.55. The minimum absolute atomic E-state index is 0.0182. The first kappa shape index (κ1) is 30.2. The first-order valence-electron chi connectivity index (χ1n) is 12.5. The number of carboxylic acids is 1. The molecule has 3 heterocycles. The molecule has 0 bridgehead atoms. The summed E-state index contributed by atoms with van der Waals surface area (Å²) in [5.41, 5.74) is 9.83. The number of hydrogen-bond donors (Lipinski definition) is 6. The Balaban J connectivity index is 1.47. The van der Waals surface area contributed by atoms with Crippen LogP contribution in [0.1, 0.15) is 43.6 Å². The van der Waals surface area contributed by atoms with Crippen molar-refractivity contribution < 1.29 is 37.3 Å². The van der Waals surface area contributed by atoms with Crippen molar-refractivity contribution in [3.63, 3.8) is 0 Å². The quantitative estimate of drug-likeness (QED) is 0.0420. The number of carbonyl (C=O) groups excluding carboxylic acids is 2. The molecule has 1 aliphatic heterocycles. The van der Waals surface area contributed by atoms with Gasteiger partial charge in [0.2, 0.25) is 11.5 Å². The van der Waals surface area contributed by atoms with Gasteiger partial charge in [0.05, 0.1) is 36.4 Å². The maximum absolute atomic E-state index is 13.1. The van der Waals surface area contributed by atoms with Crippen LogP contribution in [-0.2, 0) is 36.1 Å². The van der Waals surface area contributed by atoms with Crippen molar-refractivity contribution in [2.75, 3.05) is 25.4 Å². The standard InChI is InChI=1S/C21H30N10O8S2/c1-11(24-6-2-5-22)13-8-26-30(28-13)9-15-12(18(33)31(15)41(36,37)38)7-25-17(32)16(14-10-40-20(23)27-14)29-39-21(3-4-21)19(34)35/h8,10-12,15,24H,2-7,9,22H2,1H3,(H2,23,27)(H,25,32)(H,34,35)(H,36,37,38)/b29-16-/t11-,12-,15+/m0/s1. The Bertz CT molecular complexity index is 1440. The largest absolute Gasteiger partial charge is 0.478 e. The highest BCUT2D eigenvalue weighted by molar-refractivity contribution is 7.84. The third kappa shape index (κ3) is 6.78. The van der Waals surface area contributed by atoms with E-state index in [1.165, 1.54) is 16.4 Å². The van der Waals surface area contributed by atoms with Gasteiger partial charge in [0.25, 0.3) is 5.91 Å². The van der Waals surface area contributed by atoms with Crippen molar-refractivity contribution >= 4 is 50.3 Å². The Morgan fingerprint density at radius 3 is 2.71 bits per heavy atom. The zero-order valence-electron chi connectivity index (χ0n) is 21.8. The topological polar surface area (TPSA) is 270 Å². The second kappa shape index (κ2) is 12.0. The smallest absolute Gasteiger partial charge is 0.362 e. The van der Waals surface area contributed by atoms with Crippen LogP contribution in [0.3, 0.4) is 0 Å². The average Bonchev–Trinajstić information content (AvgIpc) is 3.34. The lowest BCUT2D eigenvalue weighted by Crippen LogP contribution is -2.66. The van der Waals surface area contributed by atoms with Crippen LogP contribution in [0.4, 0.5) is 5.13 Å². The van der Waals surface area contributed by atoms with Gasteiger partial charge in [0.1, 0.15) is 5.69 Å². The number of β-lactam (4-membered cyclic amide) rings is 1. The fraction of sp³-hybridized carbons (Fsp3) is 0.571. The number of nitrogens with zero attached hydrogens (tertiary/aromatic N) is 6. The fourth-order valence-corrected chi connectivity index (χ4v) is 5.52. The third-order valence-corrected chi connectivity index (χ3v) is 8.22. The zero-order chi connectivity index (χ0) is 29.9. The molecule has 1 aliphatic carbocycles. The minimum atomic E-state index is -4.91. The average molecular weight is 615 g/mol. The van der Waals surface area contributed by atoms with E-state index in [1.54, 1.807) is 0 Å². The monoisotopic (exact) mass is 614 g/mol. The van der Waals surface area contributed by atoms with Crippen molar-refractivity contribution in [1.29, 1.82) is 0 Å². The van der Waals surface area contributed by atoms with Crippen molar-refractivity contribution in [3.8, 4) is 0 Å². The van der Waals surface area contributed by atoms with Crippen LogP contribution in [0, 0.1) is 5.92 Å². The van der Waals surface area contributed by atoms with Crippen molar-refractivity contribution in [2.45, 2.75) is 50.4 Å². The van der Waals surface area contributed by atoms with Crippen LogP contribution in [0.25, 0.3) is 0 Å². The Hall–Kier alpha value is -3.72. The SMILES string of the molecule is C[C@H](NCCCN)c1cnn(C[C@@H]2[C@H](CNC(=O)/C(=N\OC3(C(=O)O)CC3)c3csc(N)n3)C(=O)N2S(=O)(=O)O)n1. The van der Waals surface area contributed by atoms with Crippen LogP contribution in [0.5, 0.6) is 0 Å². The number of aromatic nitrogens is 4. The molecule has 18 nitrogen and oxygen atoms in total. The molecule has 0 unspecified atom stereocenters. The molecule has 2 aromatic heterocycles. The first-order valence-corrected chi connectivity index (χ1v) is 14.8. The number of nitrogens with two attached hydrogens (primary N) is 2. The number of aliphatic carboxylic acids is 1. The van der Waals surface area contributed by atoms with Gasteiger partial charge < -0.3 is 32.0 Å². The third-order valence-electron chi connectivity index (χ3n) is 6.60. The second-order valence-electron chi connectivity index (χ2n) is 9.54. The van der Waals surface area contributed by atoms with E-state index in [1.807, 2.05) is 6.92 Å². The van der Waals surface area contributed by atoms with E-state index in [4.69, 9.17) is 16.3 Å². The molecule has 224 valence electrons. The van der Waals surface area contributed by atoms with E-state index in [0.717, 1.165) is 17.8 Å². The number of carboxylic acid groups (broad SMARTS) is 1. The van der Waals surface area contributed by atoms with Crippen LogP contribution >= 0.6 is 11.3 Å². The van der Waals surface area contributed by atoms with Crippen LogP contribution in [-0.4, -0.2) is 97.1 Å². The summed E-state index contributed by atoms with van der Waals surface area (Å²) in [6, 6.07) is -1.30. The molecule has 2 aliphatic rings. The van der Waals surface area contributed by atoms with Gasteiger partial charge in [-0.3, -0.25) is 14.1 Å². The van der Waals surface area contributed by atoms with E-state index in [0.29, 0.717) is 23.1 Å². The number of amides is 2. The molecule has 3 atom stereocenters. The van der Waals surface area contributed by atoms with Crippen LogP contribution < -0.4 is 22.1 Å². The maximum atomic E-state index is 13.1. The Morgan fingerprint density at radius 1 is 1.39 bits per heavy atom. The van der Waals surface area contributed by atoms with Gasteiger partial charge in [0.15, 0.2) is 10.8 Å². The highest BCUT2D eigenvalue weighted by atomic mass is 32.2. The summed E-state index contributed by atoms with van der Waals surface area (Å²) in [6.45, 7) is 2.48. The lowest BCUT2D eigenvalue weighted by Gasteiger charge is -2.43. The lowest BCUT2D eigenvalue weighted by molar-refractivity contribution is -0.153. The zero-order valence-corrected chi connectivity index (χ0v) is 23.5. The summed E-state index contributed by atoms with van der Waals surface area (Å²) >= 11 is 1.01. The van der Waals surface area contributed by atoms with Gasteiger partial charge >= 0.3 is 16.3 Å². The van der Waals surface area contributed by atoms with Gasteiger partial charge in [-0.05, 0) is 26.4 Å². The maximum Gasteiger partial charge on any atom is 0.362 e. The second-order valence-corrected chi connectivity index (χ2v) is 11.7. The molecule has 1 saturated carbocycles. The van der Waals surface area contributed by atoms with Gasteiger partial charge in [-0.1, -0.05) is 5.16 Å². The number of hydrogen-bond acceptors (Lipinski definition) is 14. The molecule has 1 saturated heterocycles. The minimum Gasteiger partial charge on any atom is -0.478 e. The van der Waals surface area contributed by atoms with E-state index in [-0.39, 0.29) is 48.5 Å². The fourth-order valence-electron chi connectivity index (χ4n) is 4.05. The predicted octanol–water partition coefficient (Wildman–Crippen LogP) is -1.90. The summed E-state index contributed by atoms with van der Waals surface area (Å²) in [5.74, 6) is -4.13. The molecule has 20 heteroatoms. The van der Waals surface area contributed by atoms with Crippen LogP contribution in [0.2, 0.25) is 0 Å². The summed E-state index contributed by atoms with van der Waals surface area (Å²) in [7, 11) is -4.91. The van der Waals surface area contributed by atoms with Gasteiger partial charge in [-0.15, -0.1) is 11.3 Å². The lowest BCUT2D eigenvalue weighted by atomic mass is 9.90. The molecule has 2 fully saturated rings. The van der Waals surface area contributed by atoms with Crippen molar-refractivity contribution in [2.24, 2.45) is 16.8 Å². The number of rotatable bonds is 15. The van der Waals surface area contributed by atoms with Gasteiger partial charge in [-0.2, -0.15) is 23.4 Å². The molecule has 2 aromatic rings. The Labute approximate surface area is 238 Å². The number of thiazole rings is 1. The van der Waals surface area contributed by atoms with E-state index in [9.17, 15) is 32.5 Å². The summed E-state index contributed by atoms with van der Waals surface area (Å²) in [6.07, 6.45) is 2.65. The summed E-state index contributed by atoms with van der Waals surface area (Å²) < 4.78 is 33.7. The Kier molecular flexibility index (Phi) is 8.87. The van der Waals surface area contributed by atoms with Crippen molar-refractivity contribution in [1.82, 2.24) is 34.9 Å². The normalized spacial score (nSPS) is 20.8. The number of oxime groups is 1. The number of carbonyl (C=O) groups is 3.